The quantitative estimate of drug-likeness (QED) is 0.813. The van der Waals surface area contributed by atoms with Crippen molar-refractivity contribution >= 4 is 23.2 Å². The second kappa shape index (κ2) is 8.20. The van der Waals surface area contributed by atoms with Crippen LogP contribution in [-0.4, -0.2) is 57.8 Å². The van der Waals surface area contributed by atoms with Crippen LogP contribution in [0.1, 0.15) is 23.3 Å². The maximum absolute atomic E-state index is 12.4. The van der Waals surface area contributed by atoms with Gasteiger partial charge in [-0.15, -0.1) is 11.3 Å². The number of rotatable bonds is 5. The number of nitrogens with zero attached hydrogens (tertiary/aromatic N) is 4. The van der Waals surface area contributed by atoms with Crippen LogP contribution in [0.25, 0.3) is 0 Å². The molecule has 2 amide bonds. The molecule has 1 fully saturated rings. The Hall–Kier alpha value is -2.28. The topological polar surface area (TPSA) is 66.4 Å². The summed E-state index contributed by atoms with van der Waals surface area (Å²) in [6.07, 6.45) is 3.83. The molecule has 0 atom stereocenters. The molecule has 0 radical (unpaired) electrons. The molecule has 7 heteroatoms. The summed E-state index contributed by atoms with van der Waals surface area (Å²) in [7, 11) is 0. The summed E-state index contributed by atoms with van der Waals surface area (Å²) in [6.45, 7) is 4.02. The van der Waals surface area contributed by atoms with Crippen LogP contribution < -0.4 is 0 Å². The number of hydrogen-bond donors (Lipinski definition) is 0. The molecule has 2 aromatic heterocycles. The van der Waals surface area contributed by atoms with Gasteiger partial charge >= 0.3 is 0 Å². The predicted molar refractivity (Wildman–Crippen MR) is 96.3 cm³/mol. The second-order valence-electron chi connectivity index (χ2n) is 6.12. The van der Waals surface area contributed by atoms with Crippen molar-refractivity contribution in [3.05, 3.63) is 46.2 Å². The highest BCUT2D eigenvalue weighted by Gasteiger charge is 2.22. The highest BCUT2D eigenvalue weighted by atomic mass is 32.1. The molecule has 0 spiro atoms. The zero-order valence-electron chi connectivity index (χ0n) is 14.4. The van der Waals surface area contributed by atoms with Crippen molar-refractivity contribution in [2.45, 2.75) is 26.2 Å². The summed E-state index contributed by atoms with van der Waals surface area (Å²) in [4.78, 5) is 36.3. The molecule has 0 aliphatic carbocycles. The Morgan fingerprint density at radius 3 is 2.52 bits per heavy atom. The van der Waals surface area contributed by atoms with Crippen molar-refractivity contribution in [1.82, 2.24) is 19.8 Å². The van der Waals surface area contributed by atoms with E-state index < -0.39 is 0 Å². The largest absolute Gasteiger partial charge is 0.339 e. The Balaban J connectivity index is 1.48. The van der Waals surface area contributed by atoms with Gasteiger partial charge < -0.3 is 9.80 Å². The fraction of sp³-hybridized carbons (Fsp3) is 0.444. The van der Waals surface area contributed by atoms with E-state index in [2.05, 4.69) is 9.97 Å². The molecule has 0 saturated carbocycles. The van der Waals surface area contributed by atoms with Crippen LogP contribution >= 0.6 is 11.3 Å². The summed E-state index contributed by atoms with van der Waals surface area (Å²) in [5.41, 5.74) is 1.89. The molecular formula is C18H22N4O2S. The number of pyridine rings is 1. The van der Waals surface area contributed by atoms with Gasteiger partial charge in [0.15, 0.2) is 0 Å². The maximum atomic E-state index is 12.4. The third-order valence-electron chi connectivity index (χ3n) is 4.33. The van der Waals surface area contributed by atoms with Crippen LogP contribution in [0.15, 0.2) is 29.8 Å². The molecule has 0 unspecified atom stereocenters. The molecule has 3 rings (SSSR count). The molecule has 1 saturated heterocycles. The lowest BCUT2D eigenvalue weighted by Crippen LogP contribution is -2.50. The summed E-state index contributed by atoms with van der Waals surface area (Å²) < 4.78 is 0. The number of thiazole rings is 1. The molecule has 1 aliphatic heterocycles. The fourth-order valence-corrected chi connectivity index (χ4v) is 3.66. The van der Waals surface area contributed by atoms with Gasteiger partial charge in [-0.1, -0.05) is 6.07 Å². The van der Waals surface area contributed by atoms with E-state index >= 15 is 0 Å². The standard InChI is InChI=1S/C18H22N4O2S/c1-14(23)21-8-10-22(11-9-21)18(24)12-16-13-25-17(20-16)6-5-15-4-2-3-7-19-15/h2-4,7,13H,5-6,8-12H2,1H3. The van der Waals surface area contributed by atoms with Crippen molar-refractivity contribution in [3.63, 3.8) is 0 Å². The van der Waals surface area contributed by atoms with Crippen molar-refractivity contribution in [1.29, 1.82) is 0 Å². The number of aryl methyl sites for hydroxylation is 2. The Morgan fingerprint density at radius 2 is 1.84 bits per heavy atom. The van der Waals surface area contributed by atoms with Crippen molar-refractivity contribution < 1.29 is 9.59 Å². The molecule has 25 heavy (non-hydrogen) atoms. The van der Waals surface area contributed by atoms with E-state index in [1.807, 2.05) is 28.5 Å². The maximum Gasteiger partial charge on any atom is 0.228 e. The minimum absolute atomic E-state index is 0.0733. The van der Waals surface area contributed by atoms with E-state index in [1.54, 1.807) is 29.4 Å². The number of aromatic nitrogens is 2. The average Bonchev–Trinajstić information content (AvgIpc) is 3.08. The summed E-state index contributed by atoms with van der Waals surface area (Å²) in [6, 6.07) is 5.91. The first kappa shape index (κ1) is 17.5. The summed E-state index contributed by atoms with van der Waals surface area (Å²) in [5.74, 6) is 0.161. The van der Waals surface area contributed by atoms with Crippen molar-refractivity contribution in [2.75, 3.05) is 26.2 Å². The Kier molecular flexibility index (Phi) is 5.75. The number of hydrogen-bond acceptors (Lipinski definition) is 5. The van der Waals surface area contributed by atoms with Gasteiger partial charge in [0.1, 0.15) is 0 Å². The SMILES string of the molecule is CC(=O)N1CCN(C(=O)Cc2csc(CCc3ccccn3)n2)CC1. The molecule has 2 aromatic rings. The van der Waals surface area contributed by atoms with Gasteiger partial charge in [-0.2, -0.15) is 0 Å². The molecule has 132 valence electrons. The predicted octanol–water partition coefficient (Wildman–Crippen LogP) is 1.56. The molecule has 3 heterocycles. The van der Waals surface area contributed by atoms with E-state index in [9.17, 15) is 9.59 Å². The molecule has 0 aromatic carbocycles. The van der Waals surface area contributed by atoms with Crippen LogP contribution in [0, 0.1) is 0 Å². The lowest BCUT2D eigenvalue weighted by Gasteiger charge is -2.34. The van der Waals surface area contributed by atoms with E-state index in [4.69, 9.17) is 0 Å². The molecule has 0 N–H and O–H groups in total. The fourth-order valence-electron chi connectivity index (χ4n) is 2.86. The molecule has 0 bridgehead atoms. The van der Waals surface area contributed by atoms with E-state index in [0.29, 0.717) is 32.6 Å². The zero-order valence-corrected chi connectivity index (χ0v) is 15.2. The van der Waals surface area contributed by atoms with Gasteiger partial charge in [-0.05, 0) is 18.6 Å². The van der Waals surface area contributed by atoms with Gasteiger partial charge in [0.25, 0.3) is 0 Å². The Bertz CT molecular complexity index is 724. The van der Waals surface area contributed by atoms with E-state index in [0.717, 1.165) is 29.2 Å². The number of carbonyl (C=O) groups is 2. The van der Waals surface area contributed by atoms with Crippen LogP contribution in [0.5, 0.6) is 0 Å². The van der Waals surface area contributed by atoms with Crippen LogP contribution in [-0.2, 0) is 28.9 Å². The van der Waals surface area contributed by atoms with Gasteiger partial charge in [-0.3, -0.25) is 14.6 Å². The van der Waals surface area contributed by atoms with Crippen LogP contribution in [0.2, 0.25) is 0 Å². The van der Waals surface area contributed by atoms with Gasteiger partial charge in [0.2, 0.25) is 11.8 Å². The number of piperazine rings is 1. The van der Waals surface area contributed by atoms with Gasteiger partial charge in [0.05, 0.1) is 17.1 Å². The lowest BCUT2D eigenvalue weighted by molar-refractivity contribution is -0.138. The minimum Gasteiger partial charge on any atom is -0.339 e. The first-order chi connectivity index (χ1) is 12.1. The highest BCUT2D eigenvalue weighted by molar-refractivity contribution is 7.09. The molecular weight excluding hydrogens is 336 g/mol. The second-order valence-corrected chi connectivity index (χ2v) is 7.06. The van der Waals surface area contributed by atoms with E-state index in [1.165, 1.54) is 0 Å². The summed E-state index contributed by atoms with van der Waals surface area (Å²) in [5, 5.41) is 3.01. The monoisotopic (exact) mass is 358 g/mol. The van der Waals surface area contributed by atoms with Crippen LogP contribution in [0.4, 0.5) is 0 Å². The molecule has 1 aliphatic rings. The van der Waals surface area contributed by atoms with Crippen molar-refractivity contribution in [2.24, 2.45) is 0 Å². The third kappa shape index (κ3) is 4.85. The van der Waals surface area contributed by atoms with Crippen molar-refractivity contribution in [3.8, 4) is 0 Å². The van der Waals surface area contributed by atoms with Crippen LogP contribution in [0.3, 0.4) is 0 Å². The van der Waals surface area contributed by atoms with Gasteiger partial charge in [0, 0.05) is 56.8 Å². The highest BCUT2D eigenvalue weighted by Crippen LogP contribution is 2.14. The first-order valence-electron chi connectivity index (χ1n) is 8.48. The Morgan fingerprint density at radius 1 is 1.08 bits per heavy atom. The minimum atomic E-state index is 0.0733. The number of carbonyl (C=O) groups excluding carboxylic acids is 2. The zero-order chi connectivity index (χ0) is 17.6. The lowest BCUT2D eigenvalue weighted by atomic mass is 10.2. The first-order valence-corrected chi connectivity index (χ1v) is 9.36. The molecule has 6 nitrogen and oxygen atoms in total. The number of amides is 2. The summed E-state index contributed by atoms with van der Waals surface area (Å²) >= 11 is 1.60. The average molecular weight is 358 g/mol. The normalized spacial score (nSPS) is 14.6. The Labute approximate surface area is 151 Å². The third-order valence-corrected chi connectivity index (χ3v) is 5.29. The van der Waals surface area contributed by atoms with E-state index in [-0.39, 0.29) is 11.8 Å². The van der Waals surface area contributed by atoms with Gasteiger partial charge in [-0.25, -0.2) is 4.98 Å². The smallest absolute Gasteiger partial charge is 0.228 e.